The zero-order valence-electron chi connectivity index (χ0n) is 10.8. The van der Waals surface area contributed by atoms with Crippen LogP contribution in [0.5, 0.6) is 0 Å². The van der Waals surface area contributed by atoms with E-state index < -0.39 is 0 Å². The van der Waals surface area contributed by atoms with Gasteiger partial charge in [0.1, 0.15) is 0 Å². The first-order chi connectivity index (χ1) is 6.45. The fourth-order valence-corrected chi connectivity index (χ4v) is 1.72. The van der Waals surface area contributed by atoms with Crippen LogP contribution >= 0.6 is 0 Å². The van der Waals surface area contributed by atoms with Gasteiger partial charge in [-0.1, -0.05) is 39.5 Å². The van der Waals surface area contributed by atoms with E-state index in [-0.39, 0.29) is 5.54 Å². The molecule has 0 aromatic rings. The first-order valence-electron chi connectivity index (χ1n) is 6.20. The Hall–Kier alpha value is -0.0400. The smallest absolute Gasteiger partial charge is 0.00965 e. The largest absolute Gasteiger partial charge is 0.312 e. The van der Waals surface area contributed by atoms with E-state index in [9.17, 15) is 0 Å². The van der Waals surface area contributed by atoms with Gasteiger partial charge in [-0.05, 0) is 39.7 Å². The van der Waals surface area contributed by atoms with E-state index in [2.05, 4.69) is 39.9 Å². The van der Waals surface area contributed by atoms with E-state index >= 15 is 0 Å². The molecule has 0 rings (SSSR count). The van der Waals surface area contributed by atoms with Gasteiger partial charge in [0, 0.05) is 5.54 Å². The highest BCUT2D eigenvalue weighted by atomic mass is 14.9. The van der Waals surface area contributed by atoms with E-state index in [1.807, 2.05) is 0 Å². The standard InChI is InChI=1S/C13H29N/c1-6-9-12(2)10-7-8-11-14-13(3,4)5/h12,14H,6-11H2,1-5H3. The Balaban J connectivity index is 3.21. The topological polar surface area (TPSA) is 12.0 Å². The van der Waals surface area contributed by atoms with Crippen molar-refractivity contribution >= 4 is 0 Å². The van der Waals surface area contributed by atoms with Crippen LogP contribution in [0.2, 0.25) is 0 Å². The van der Waals surface area contributed by atoms with Crippen molar-refractivity contribution in [1.82, 2.24) is 5.32 Å². The van der Waals surface area contributed by atoms with E-state index in [4.69, 9.17) is 0 Å². The summed E-state index contributed by atoms with van der Waals surface area (Å²) in [7, 11) is 0. The third kappa shape index (κ3) is 10.0. The Bertz CT molecular complexity index is 124. The summed E-state index contributed by atoms with van der Waals surface area (Å²) in [5.41, 5.74) is 0.287. The Kier molecular flexibility index (Phi) is 7.26. The van der Waals surface area contributed by atoms with Gasteiger partial charge < -0.3 is 5.32 Å². The summed E-state index contributed by atoms with van der Waals surface area (Å²) < 4.78 is 0. The summed E-state index contributed by atoms with van der Waals surface area (Å²) >= 11 is 0. The molecule has 1 unspecified atom stereocenters. The molecule has 0 aromatic carbocycles. The third-order valence-corrected chi connectivity index (χ3v) is 2.56. The number of rotatable bonds is 7. The molecular formula is C13H29N. The molecule has 0 bridgehead atoms. The highest BCUT2D eigenvalue weighted by molar-refractivity contribution is 4.69. The van der Waals surface area contributed by atoms with E-state index in [0.29, 0.717) is 0 Å². The van der Waals surface area contributed by atoms with E-state index in [1.54, 1.807) is 0 Å². The van der Waals surface area contributed by atoms with Crippen molar-refractivity contribution in [2.24, 2.45) is 5.92 Å². The van der Waals surface area contributed by atoms with Crippen LogP contribution in [-0.2, 0) is 0 Å². The van der Waals surface area contributed by atoms with Crippen molar-refractivity contribution in [2.75, 3.05) is 6.54 Å². The molecule has 0 aromatic heterocycles. The minimum Gasteiger partial charge on any atom is -0.312 e. The fourth-order valence-electron chi connectivity index (χ4n) is 1.72. The average molecular weight is 199 g/mol. The molecule has 14 heavy (non-hydrogen) atoms. The second-order valence-electron chi connectivity index (χ2n) is 5.57. The van der Waals surface area contributed by atoms with Crippen LogP contribution in [0.15, 0.2) is 0 Å². The van der Waals surface area contributed by atoms with Crippen molar-refractivity contribution in [3.05, 3.63) is 0 Å². The highest BCUT2D eigenvalue weighted by Gasteiger charge is 2.07. The van der Waals surface area contributed by atoms with Gasteiger partial charge in [-0.2, -0.15) is 0 Å². The third-order valence-electron chi connectivity index (χ3n) is 2.56. The van der Waals surface area contributed by atoms with Gasteiger partial charge in [0.15, 0.2) is 0 Å². The molecule has 0 heterocycles. The van der Waals surface area contributed by atoms with Crippen LogP contribution in [0.25, 0.3) is 0 Å². The first kappa shape index (κ1) is 14.0. The first-order valence-corrected chi connectivity index (χ1v) is 6.20. The maximum atomic E-state index is 3.53. The predicted octanol–water partition coefficient (Wildman–Crippen LogP) is 3.98. The maximum absolute atomic E-state index is 3.53. The van der Waals surface area contributed by atoms with Gasteiger partial charge in [-0.3, -0.25) is 0 Å². The van der Waals surface area contributed by atoms with E-state index in [0.717, 1.165) is 5.92 Å². The zero-order valence-corrected chi connectivity index (χ0v) is 10.8. The SMILES string of the molecule is CCCC(C)CCCCNC(C)(C)C. The van der Waals surface area contributed by atoms with Crippen LogP contribution in [0.1, 0.15) is 66.7 Å². The number of hydrogen-bond donors (Lipinski definition) is 1. The molecule has 86 valence electrons. The van der Waals surface area contributed by atoms with Crippen molar-refractivity contribution < 1.29 is 0 Å². The Morgan fingerprint density at radius 1 is 1.07 bits per heavy atom. The molecule has 0 aliphatic rings. The van der Waals surface area contributed by atoms with Crippen molar-refractivity contribution in [3.63, 3.8) is 0 Å². The Morgan fingerprint density at radius 2 is 1.71 bits per heavy atom. The predicted molar refractivity (Wildman–Crippen MR) is 65.7 cm³/mol. The summed E-state index contributed by atoms with van der Waals surface area (Å²) in [6.45, 7) is 12.5. The molecule has 0 spiro atoms. The van der Waals surface area contributed by atoms with Gasteiger partial charge in [0.25, 0.3) is 0 Å². The van der Waals surface area contributed by atoms with Gasteiger partial charge in [0.05, 0.1) is 0 Å². The molecule has 1 atom stereocenters. The molecule has 0 aliphatic heterocycles. The lowest BCUT2D eigenvalue weighted by molar-refractivity contribution is 0.402. The quantitative estimate of drug-likeness (QED) is 0.612. The number of unbranched alkanes of at least 4 members (excludes halogenated alkanes) is 1. The maximum Gasteiger partial charge on any atom is 0.00965 e. The minimum atomic E-state index is 0.287. The minimum absolute atomic E-state index is 0.287. The van der Waals surface area contributed by atoms with Gasteiger partial charge in [-0.25, -0.2) is 0 Å². The zero-order chi connectivity index (χ0) is 11.0. The highest BCUT2D eigenvalue weighted by Crippen LogP contribution is 2.13. The molecule has 1 nitrogen and oxygen atoms in total. The second-order valence-corrected chi connectivity index (χ2v) is 5.57. The average Bonchev–Trinajstić information content (AvgIpc) is 2.02. The van der Waals surface area contributed by atoms with Crippen LogP contribution < -0.4 is 5.32 Å². The molecular weight excluding hydrogens is 170 g/mol. The summed E-state index contributed by atoms with van der Waals surface area (Å²) in [5, 5.41) is 3.53. The molecule has 0 amide bonds. The molecule has 1 heteroatoms. The summed E-state index contributed by atoms with van der Waals surface area (Å²) in [6, 6.07) is 0. The molecule has 0 aliphatic carbocycles. The molecule has 0 radical (unpaired) electrons. The van der Waals surface area contributed by atoms with Gasteiger partial charge >= 0.3 is 0 Å². The molecule has 0 saturated heterocycles. The van der Waals surface area contributed by atoms with Crippen molar-refractivity contribution in [3.8, 4) is 0 Å². The number of hydrogen-bond acceptors (Lipinski definition) is 1. The van der Waals surface area contributed by atoms with Crippen LogP contribution in [0.3, 0.4) is 0 Å². The van der Waals surface area contributed by atoms with Crippen LogP contribution in [-0.4, -0.2) is 12.1 Å². The van der Waals surface area contributed by atoms with Gasteiger partial charge in [-0.15, -0.1) is 0 Å². The van der Waals surface area contributed by atoms with E-state index in [1.165, 1.54) is 38.6 Å². The lowest BCUT2D eigenvalue weighted by atomic mass is 9.99. The summed E-state index contributed by atoms with van der Waals surface area (Å²) in [5.74, 6) is 0.926. The van der Waals surface area contributed by atoms with Crippen molar-refractivity contribution in [2.45, 2.75) is 72.3 Å². The van der Waals surface area contributed by atoms with Crippen LogP contribution in [0, 0.1) is 5.92 Å². The molecule has 0 fully saturated rings. The number of nitrogens with one attached hydrogen (secondary N) is 1. The normalized spacial score (nSPS) is 14.4. The summed E-state index contributed by atoms with van der Waals surface area (Å²) in [6.07, 6.45) is 6.84. The lowest BCUT2D eigenvalue weighted by Gasteiger charge is -2.20. The Labute approximate surface area is 90.7 Å². The van der Waals surface area contributed by atoms with Crippen LogP contribution in [0.4, 0.5) is 0 Å². The Morgan fingerprint density at radius 3 is 2.21 bits per heavy atom. The molecule has 1 N–H and O–H groups in total. The summed E-state index contributed by atoms with van der Waals surface area (Å²) in [4.78, 5) is 0. The monoisotopic (exact) mass is 199 g/mol. The van der Waals surface area contributed by atoms with Crippen molar-refractivity contribution in [1.29, 1.82) is 0 Å². The second kappa shape index (κ2) is 7.28. The van der Waals surface area contributed by atoms with Gasteiger partial charge in [0.2, 0.25) is 0 Å². The molecule has 0 saturated carbocycles. The fraction of sp³-hybridized carbons (Fsp3) is 1.00. The lowest BCUT2D eigenvalue weighted by Crippen LogP contribution is -2.36.